The zero-order chi connectivity index (χ0) is 7.11. The fraction of sp³-hybridized carbons (Fsp3) is 0.667. The van der Waals surface area contributed by atoms with Crippen LogP contribution in [0.3, 0.4) is 0 Å². The molecule has 3 nitrogen and oxygen atoms in total. The Morgan fingerprint density at radius 1 is 1.67 bits per heavy atom. The fourth-order valence-corrected chi connectivity index (χ4v) is 0.378. The molecule has 0 spiro atoms. The van der Waals surface area contributed by atoms with Crippen molar-refractivity contribution in [3.8, 4) is 0 Å². The molecular formula is C6H14N2O. The topological polar surface area (TPSA) is 61.3 Å². The molecule has 0 aromatic rings. The van der Waals surface area contributed by atoms with Crippen molar-refractivity contribution in [1.29, 1.82) is 0 Å². The normalized spacial score (nSPS) is 14.4. The number of ether oxygens (including phenoxy) is 1. The van der Waals surface area contributed by atoms with Crippen LogP contribution in [0.1, 0.15) is 6.92 Å². The maximum Gasteiger partial charge on any atom is 0.0664 e. The van der Waals surface area contributed by atoms with Crippen LogP contribution in [0.15, 0.2) is 12.3 Å². The highest BCUT2D eigenvalue weighted by Crippen LogP contribution is 1.79. The Bertz CT molecular complexity index is 81.1. The second-order valence-electron chi connectivity index (χ2n) is 1.94. The number of hydrogen-bond acceptors (Lipinski definition) is 3. The summed E-state index contributed by atoms with van der Waals surface area (Å²) in [6, 6.07) is 0.108. The average Bonchev–Trinajstić information content (AvgIpc) is 1.80. The van der Waals surface area contributed by atoms with Crippen molar-refractivity contribution in [2.24, 2.45) is 11.5 Å². The fourth-order valence-electron chi connectivity index (χ4n) is 0.378. The van der Waals surface area contributed by atoms with Gasteiger partial charge < -0.3 is 16.2 Å². The lowest BCUT2D eigenvalue weighted by Crippen LogP contribution is -2.21. The first kappa shape index (κ1) is 8.46. The van der Waals surface area contributed by atoms with Gasteiger partial charge in [-0.3, -0.25) is 0 Å². The van der Waals surface area contributed by atoms with E-state index in [1.54, 1.807) is 6.08 Å². The van der Waals surface area contributed by atoms with Gasteiger partial charge in [0, 0.05) is 6.04 Å². The first-order chi connectivity index (χ1) is 4.27. The minimum Gasteiger partial charge on any atom is -0.405 e. The van der Waals surface area contributed by atoms with E-state index < -0.39 is 0 Å². The summed E-state index contributed by atoms with van der Waals surface area (Å²) in [7, 11) is 0. The summed E-state index contributed by atoms with van der Waals surface area (Å²) >= 11 is 0. The Kier molecular flexibility index (Phi) is 5.26. The molecule has 1 unspecified atom stereocenters. The maximum absolute atomic E-state index is 5.39. The average molecular weight is 130 g/mol. The lowest BCUT2D eigenvalue weighted by molar-refractivity contribution is 0.151. The van der Waals surface area contributed by atoms with Crippen LogP contribution in [-0.4, -0.2) is 19.3 Å². The highest BCUT2D eigenvalue weighted by atomic mass is 16.5. The molecule has 1 atom stereocenters. The second-order valence-corrected chi connectivity index (χ2v) is 1.94. The molecule has 0 saturated heterocycles. The van der Waals surface area contributed by atoms with Crippen molar-refractivity contribution in [2.75, 3.05) is 13.2 Å². The standard InChI is InChI=1S/C6H14N2O/c1-6(8)5-9-4-2-3-7/h2-3,6H,4-5,7-8H2,1H3/b3-2+. The summed E-state index contributed by atoms with van der Waals surface area (Å²) in [6.07, 6.45) is 3.20. The lowest BCUT2D eigenvalue weighted by atomic mass is 10.4. The molecule has 0 bridgehead atoms. The Hall–Kier alpha value is -0.540. The first-order valence-electron chi connectivity index (χ1n) is 2.97. The molecule has 4 N–H and O–H groups in total. The van der Waals surface area contributed by atoms with Gasteiger partial charge in [0.25, 0.3) is 0 Å². The highest BCUT2D eigenvalue weighted by Gasteiger charge is 1.89. The Labute approximate surface area is 55.7 Å². The highest BCUT2D eigenvalue weighted by molar-refractivity contribution is 4.74. The summed E-state index contributed by atoms with van der Waals surface area (Å²) < 4.78 is 5.04. The summed E-state index contributed by atoms with van der Waals surface area (Å²) in [4.78, 5) is 0. The predicted molar refractivity (Wildman–Crippen MR) is 37.8 cm³/mol. The summed E-state index contributed by atoms with van der Waals surface area (Å²) in [6.45, 7) is 3.04. The molecule has 0 fully saturated rings. The van der Waals surface area contributed by atoms with E-state index in [0.717, 1.165) is 0 Å². The van der Waals surface area contributed by atoms with Crippen molar-refractivity contribution in [1.82, 2.24) is 0 Å². The van der Waals surface area contributed by atoms with Crippen LogP contribution in [0.2, 0.25) is 0 Å². The molecule has 0 aliphatic rings. The van der Waals surface area contributed by atoms with Crippen molar-refractivity contribution in [3.63, 3.8) is 0 Å². The van der Waals surface area contributed by atoms with Gasteiger partial charge in [-0.25, -0.2) is 0 Å². The zero-order valence-corrected chi connectivity index (χ0v) is 5.71. The molecule has 0 aliphatic heterocycles. The van der Waals surface area contributed by atoms with E-state index >= 15 is 0 Å². The monoisotopic (exact) mass is 130 g/mol. The second kappa shape index (κ2) is 5.59. The quantitative estimate of drug-likeness (QED) is 0.519. The van der Waals surface area contributed by atoms with Crippen LogP contribution in [0, 0.1) is 0 Å². The molecule has 54 valence electrons. The van der Waals surface area contributed by atoms with E-state index in [2.05, 4.69) is 0 Å². The number of rotatable bonds is 4. The molecule has 0 aromatic heterocycles. The molecule has 0 rings (SSSR count). The van der Waals surface area contributed by atoms with Crippen molar-refractivity contribution in [3.05, 3.63) is 12.3 Å². The molecule has 0 aromatic carbocycles. The predicted octanol–water partition coefficient (Wildman–Crippen LogP) is -0.177. The van der Waals surface area contributed by atoms with Gasteiger partial charge >= 0.3 is 0 Å². The van der Waals surface area contributed by atoms with Gasteiger partial charge in [0.1, 0.15) is 0 Å². The molecule has 0 amide bonds. The van der Waals surface area contributed by atoms with Crippen LogP contribution >= 0.6 is 0 Å². The van der Waals surface area contributed by atoms with Crippen molar-refractivity contribution in [2.45, 2.75) is 13.0 Å². The molecule has 0 radical (unpaired) electrons. The zero-order valence-electron chi connectivity index (χ0n) is 5.71. The van der Waals surface area contributed by atoms with Gasteiger partial charge in [-0.1, -0.05) is 0 Å². The third-order valence-corrected chi connectivity index (χ3v) is 0.731. The van der Waals surface area contributed by atoms with Crippen LogP contribution in [0.5, 0.6) is 0 Å². The van der Waals surface area contributed by atoms with Gasteiger partial charge in [-0.2, -0.15) is 0 Å². The molecule has 3 heteroatoms. The summed E-state index contributed by atoms with van der Waals surface area (Å²) in [5.41, 5.74) is 10.4. The van der Waals surface area contributed by atoms with Crippen molar-refractivity contribution >= 4 is 0 Å². The maximum atomic E-state index is 5.39. The van der Waals surface area contributed by atoms with E-state index in [4.69, 9.17) is 16.2 Å². The van der Waals surface area contributed by atoms with Gasteiger partial charge in [0.05, 0.1) is 13.2 Å². The third kappa shape index (κ3) is 7.46. The number of hydrogen-bond donors (Lipinski definition) is 2. The molecule has 0 heterocycles. The SMILES string of the molecule is CC(N)COC/C=C/N. The van der Waals surface area contributed by atoms with E-state index in [1.165, 1.54) is 6.20 Å². The van der Waals surface area contributed by atoms with Gasteiger partial charge in [0.2, 0.25) is 0 Å². The van der Waals surface area contributed by atoms with Gasteiger partial charge in [-0.15, -0.1) is 0 Å². The molecule has 0 aliphatic carbocycles. The van der Waals surface area contributed by atoms with E-state index in [1.807, 2.05) is 6.92 Å². The van der Waals surface area contributed by atoms with Crippen molar-refractivity contribution < 1.29 is 4.74 Å². The lowest BCUT2D eigenvalue weighted by Gasteiger charge is -2.02. The number of nitrogens with two attached hydrogens (primary N) is 2. The van der Waals surface area contributed by atoms with Gasteiger partial charge in [-0.05, 0) is 19.2 Å². The minimum atomic E-state index is 0.108. The largest absolute Gasteiger partial charge is 0.405 e. The Balaban J connectivity index is 2.91. The van der Waals surface area contributed by atoms with E-state index in [0.29, 0.717) is 13.2 Å². The third-order valence-electron chi connectivity index (χ3n) is 0.731. The Morgan fingerprint density at radius 2 is 2.33 bits per heavy atom. The smallest absolute Gasteiger partial charge is 0.0664 e. The summed E-state index contributed by atoms with van der Waals surface area (Å²) in [5, 5.41) is 0. The minimum absolute atomic E-state index is 0.108. The van der Waals surface area contributed by atoms with Crippen LogP contribution in [0.25, 0.3) is 0 Å². The first-order valence-corrected chi connectivity index (χ1v) is 2.97. The van der Waals surface area contributed by atoms with Crippen LogP contribution in [0.4, 0.5) is 0 Å². The van der Waals surface area contributed by atoms with Gasteiger partial charge in [0.15, 0.2) is 0 Å². The Morgan fingerprint density at radius 3 is 2.78 bits per heavy atom. The summed E-state index contributed by atoms with van der Waals surface area (Å²) in [5.74, 6) is 0. The van der Waals surface area contributed by atoms with E-state index in [-0.39, 0.29) is 6.04 Å². The molecule has 0 saturated carbocycles. The van der Waals surface area contributed by atoms with Crippen LogP contribution < -0.4 is 11.5 Å². The molecule has 9 heavy (non-hydrogen) atoms. The van der Waals surface area contributed by atoms with Crippen LogP contribution in [-0.2, 0) is 4.74 Å². The van der Waals surface area contributed by atoms with E-state index in [9.17, 15) is 0 Å². The molecular weight excluding hydrogens is 116 g/mol.